The molecule has 0 spiro atoms. The molecule has 0 saturated heterocycles. The summed E-state index contributed by atoms with van der Waals surface area (Å²) in [6.07, 6.45) is 9.36. The lowest BCUT2D eigenvalue weighted by Crippen LogP contribution is -2.38. The maximum atomic E-state index is 6.27. The van der Waals surface area contributed by atoms with Crippen LogP contribution in [0.25, 0.3) is 22.5 Å². The van der Waals surface area contributed by atoms with Crippen LogP contribution >= 0.6 is 11.6 Å². The molecule has 2 heterocycles. The van der Waals surface area contributed by atoms with E-state index < -0.39 is 0 Å². The molecule has 28 heavy (non-hydrogen) atoms. The van der Waals surface area contributed by atoms with Crippen molar-refractivity contribution in [3.63, 3.8) is 0 Å². The van der Waals surface area contributed by atoms with E-state index >= 15 is 0 Å². The summed E-state index contributed by atoms with van der Waals surface area (Å²) in [5.74, 6) is 1.61. The summed E-state index contributed by atoms with van der Waals surface area (Å²) in [6.45, 7) is 0.597. The highest BCUT2D eigenvalue weighted by Crippen LogP contribution is 2.41. The topological polar surface area (TPSA) is 76.8 Å². The van der Waals surface area contributed by atoms with Gasteiger partial charge in [0.2, 0.25) is 0 Å². The maximum Gasteiger partial charge on any atom is 0.138 e. The van der Waals surface area contributed by atoms with E-state index in [0.29, 0.717) is 17.3 Å². The highest BCUT2D eigenvalue weighted by Gasteiger charge is 2.36. The Balaban J connectivity index is 1.88. The average Bonchev–Trinajstić information content (AvgIpc) is 3.21. The number of methoxy groups -OCH3 is 1. The fourth-order valence-corrected chi connectivity index (χ4v) is 4.33. The normalized spacial score (nSPS) is 16.1. The van der Waals surface area contributed by atoms with E-state index in [4.69, 9.17) is 27.1 Å². The van der Waals surface area contributed by atoms with Crippen LogP contribution in [0.1, 0.15) is 37.9 Å². The number of aromatic nitrogens is 3. The Morgan fingerprint density at radius 3 is 2.54 bits per heavy atom. The summed E-state index contributed by atoms with van der Waals surface area (Å²) < 4.78 is 5.42. The number of H-pyrrole nitrogens is 1. The molecule has 1 aliphatic carbocycles. The summed E-state index contributed by atoms with van der Waals surface area (Å²) in [4.78, 5) is 12.8. The number of nitrogens with two attached hydrogens (primary N) is 1. The first kappa shape index (κ1) is 19.0. The molecular weight excluding hydrogens is 372 g/mol. The van der Waals surface area contributed by atoms with Crippen LogP contribution < -0.4 is 10.5 Å². The third-order valence-corrected chi connectivity index (χ3v) is 6.11. The quantitative estimate of drug-likeness (QED) is 0.638. The van der Waals surface area contributed by atoms with Gasteiger partial charge in [-0.15, -0.1) is 0 Å². The molecule has 0 amide bonds. The number of ether oxygens (including phenoxy) is 1. The number of hydrogen-bond donors (Lipinski definition) is 2. The molecule has 3 aromatic rings. The highest BCUT2D eigenvalue weighted by molar-refractivity contribution is 6.32. The molecule has 6 heteroatoms. The predicted molar refractivity (Wildman–Crippen MR) is 113 cm³/mol. The van der Waals surface area contributed by atoms with Gasteiger partial charge >= 0.3 is 0 Å². The van der Waals surface area contributed by atoms with E-state index in [1.807, 2.05) is 30.3 Å². The number of benzene rings is 1. The van der Waals surface area contributed by atoms with E-state index in [1.54, 1.807) is 19.5 Å². The van der Waals surface area contributed by atoms with Gasteiger partial charge in [-0.25, -0.2) is 4.98 Å². The number of hydrogen-bond acceptors (Lipinski definition) is 4. The molecule has 2 aromatic heterocycles. The Labute approximate surface area is 170 Å². The Bertz CT molecular complexity index is 948. The fraction of sp³-hybridized carbons (Fsp3) is 0.364. The molecule has 146 valence electrons. The van der Waals surface area contributed by atoms with E-state index in [0.717, 1.165) is 41.2 Å². The standard InChI is InChI=1S/C22H25ClN4O/c1-28-18-13-16(5-6-17(18)23)20-19(15-7-11-25-12-8-15)26-21(27-20)22(14-24)9-3-2-4-10-22/h5-8,11-13H,2-4,9-10,14,24H2,1H3,(H,26,27). The van der Waals surface area contributed by atoms with Crippen molar-refractivity contribution >= 4 is 11.6 Å². The van der Waals surface area contributed by atoms with Crippen molar-refractivity contribution in [2.24, 2.45) is 5.73 Å². The lowest BCUT2D eigenvalue weighted by molar-refractivity contribution is 0.288. The van der Waals surface area contributed by atoms with Gasteiger partial charge in [0.15, 0.2) is 0 Å². The number of nitrogens with zero attached hydrogens (tertiary/aromatic N) is 2. The van der Waals surface area contributed by atoms with Gasteiger partial charge in [-0.2, -0.15) is 0 Å². The van der Waals surface area contributed by atoms with E-state index in [2.05, 4.69) is 9.97 Å². The number of pyridine rings is 1. The SMILES string of the molecule is COc1cc(-c2nc(C3(CN)CCCCC3)[nH]c2-c2ccncc2)ccc1Cl. The zero-order valence-corrected chi connectivity index (χ0v) is 16.8. The Hall–Kier alpha value is -2.37. The zero-order valence-electron chi connectivity index (χ0n) is 16.0. The van der Waals surface area contributed by atoms with Crippen molar-refractivity contribution in [1.29, 1.82) is 0 Å². The molecule has 5 nitrogen and oxygen atoms in total. The second-order valence-electron chi connectivity index (χ2n) is 7.44. The molecule has 0 bridgehead atoms. The van der Waals surface area contributed by atoms with Gasteiger partial charge in [-0.05, 0) is 37.1 Å². The van der Waals surface area contributed by atoms with Crippen molar-refractivity contribution in [2.75, 3.05) is 13.7 Å². The lowest BCUT2D eigenvalue weighted by Gasteiger charge is -2.34. The van der Waals surface area contributed by atoms with Gasteiger partial charge in [-0.3, -0.25) is 4.98 Å². The first-order valence-electron chi connectivity index (χ1n) is 9.72. The molecule has 4 rings (SSSR count). The van der Waals surface area contributed by atoms with Gasteiger partial charge < -0.3 is 15.5 Å². The van der Waals surface area contributed by atoms with Crippen LogP contribution in [0.15, 0.2) is 42.7 Å². The molecular formula is C22H25ClN4O. The lowest BCUT2D eigenvalue weighted by atomic mass is 9.73. The largest absolute Gasteiger partial charge is 0.495 e. The first-order chi connectivity index (χ1) is 13.7. The van der Waals surface area contributed by atoms with Gasteiger partial charge in [0.25, 0.3) is 0 Å². The van der Waals surface area contributed by atoms with Gasteiger partial charge in [-0.1, -0.05) is 36.9 Å². The third-order valence-electron chi connectivity index (χ3n) is 5.80. The van der Waals surface area contributed by atoms with Crippen LogP contribution in [0.2, 0.25) is 5.02 Å². The van der Waals surface area contributed by atoms with Crippen molar-refractivity contribution in [2.45, 2.75) is 37.5 Å². The summed E-state index contributed by atoms with van der Waals surface area (Å²) in [5.41, 5.74) is 10.0. The second kappa shape index (κ2) is 7.94. The minimum Gasteiger partial charge on any atom is -0.495 e. The number of aromatic amines is 1. The third kappa shape index (κ3) is 3.40. The van der Waals surface area contributed by atoms with Crippen LogP contribution in [-0.2, 0) is 5.41 Å². The van der Waals surface area contributed by atoms with Crippen LogP contribution in [0.4, 0.5) is 0 Å². The summed E-state index contributed by atoms with van der Waals surface area (Å²) >= 11 is 6.23. The summed E-state index contributed by atoms with van der Waals surface area (Å²) in [6, 6.07) is 9.74. The first-order valence-corrected chi connectivity index (χ1v) is 10.1. The highest BCUT2D eigenvalue weighted by atomic mass is 35.5. The fourth-order valence-electron chi connectivity index (χ4n) is 4.13. The predicted octanol–water partition coefficient (Wildman–Crippen LogP) is 4.96. The number of imidazole rings is 1. The molecule has 1 aromatic carbocycles. The molecule has 0 radical (unpaired) electrons. The molecule has 1 aliphatic rings. The molecule has 0 aliphatic heterocycles. The van der Waals surface area contributed by atoms with Crippen molar-refractivity contribution < 1.29 is 4.74 Å². The average molecular weight is 397 g/mol. The van der Waals surface area contributed by atoms with Crippen LogP contribution in [-0.4, -0.2) is 28.6 Å². The smallest absolute Gasteiger partial charge is 0.138 e. The van der Waals surface area contributed by atoms with Crippen LogP contribution in [0.3, 0.4) is 0 Å². The summed E-state index contributed by atoms with van der Waals surface area (Å²) in [5, 5.41) is 0.582. The number of nitrogens with one attached hydrogen (secondary N) is 1. The van der Waals surface area contributed by atoms with E-state index in [1.165, 1.54) is 19.3 Å². The van der Waals surface area contributed by atoms with E-state index in [9.17, 15) is 0 Å². The van der Waals surface area contributed by atoms with E-state index in [-0.39, 0.29) is 5.41 Å². The molecule has 1 fully saturated rings. The minimum atomic E-state index is -0.0885. The molecule has 0 unspecified atom stereocenters. The molecule has 3 N–H and O–H groups in total. The zero-order chi connectivity index (χ0) is 19.6. The maximum absolute atomic E-state index is 6.27. The van der Waals surface area contributed by atoms with Crippen LogP contribution in [0.5, 0.6) is 5.75 Å². The molecule has 1 saturated carbocycles. The Morgan fingerprint density at radius 1 is 1.11 bits per heavy atom. The van der Waals surface area contributed by atoms with Crippen molar-refractivity contribution in [3.8, 4) is 28.3 Å². The van der Waals surface area contributed by atoms with Gasteiger partial charge in [0.05, 0.1) is 23.5 Å². The molecule has 0 atom stereocenters. The minimum absolute atomic E-state index is 0.0885. The Kier molecular flexibility index (Phi) is 5.38. The van der Waals surface area contributed by atoms with Crippen molar-refractivity contribution in [3.05, 3.63) is 53.6 Å². The van der Waals surface area contributed by atoms with Crippen molar-refractivity contribution in [1.82, 2.24) is 15.0 Å². The second-order valence-corrected chi connectivity index (χ2v) is 7.85. The van der Waals surface area contributed by atoms with Gasteiger partial charge in [0, 0.05) is 35.5 Å². The summed E-state index contributed by atoms with van der Waals surface area (Å²) in [7, 11) is 1.62. The number of rotatable bonds is 5. The van der Waals surface area contributed by atoms with Gasteiger partial charge in [0.1, 0.15) is 11.6 Å². The number of halogens is 1. The Morgan fingerprint density at radius 2 is 1.86 bits per heavy atom. The van der Waals surface area contributed by atoms with Crippen LogP contribution in [0, 0.1) is 0 Å². The monoisotopic (exact) mass is 396 g/mol.